The first-order valence-corrected chi connectivity index (χ1v) is 7.84. The van der Waals surface area contributed by atoms with Gasteiger partial charge in [-0.05, 0) is 56.5 Å². The minimum absolute atomic E-state index is 0.0307. The number of hydrogen-bond acceptors (Lipinski definition) is 3. The topological polar surface area (TPSA) is 50.4 Å². The van der Waals surface area contributed by atoms with Gasteiger partial charge in [0.25, 0.3) is 5.91 Å². The summed E-state index contributed by atoms with van der Waals surface area (Å²) in [6.45, 7) is 8.03. The van der Waals surface area contributed by atoms with Gasteiger partial charge >= 0.3 is 0 Å². The number of benzene rings is 1. The van der Waals surface area contributed by atoms with Crippen LogP contribution >= 0.6 is 0 Å². The van der Waals surface area contributed by atoms with Gasteiger partial charge in [-0.3, -0.25) is 4.79 Å². The predicted octanol–water partition coefficient (Wildman–Crippen LogP) is 2.45. The van der Waals surface area contributed by atoms with Crippen LogP contribution in [0, 0.1) is 0 Å². The highest BCUT2D eigenvalue weighted by molar-refractivity contribution is 5.81. The van der Waals surface area contributed by atoms with E-state index in [4.69, 9.17) is 4.74 Å². The molecular formula is C17H26N2O2. The smallest absolute Gasteiger partial charge is 0.260 e. The first-order valence-electron chi connectivity index (χ1n) is 7.84. The van der Waals surface area contributed by atoms with Crippen LogP contribution in [0.3, 0.4) is 0 Å². The summed E-state index contributed by atoms with van der Waals surface area (Å²) in [5.41, 5.74) is 1.22. The summed E-state index contributed by atoms with van der Waals surface area (Å²) in [5.74, 6) is 1.18. The van der Waals surface area contributed by atoms with E-state index in [2.05, 4.69) is 30.5 Å². The van der Waals surface area contributed by atoms with Crippen LogP contribution in [0.15, 0.2) is 24.3 Å². The highest BCUT2D eigenvalue weighted by atomic mass is 16.5. The first kappa shape index (κ1) is 15.8. The standard InChI is InChI=1S/C17H26N2O2/c1-12(2)14-5-4-6-16(11-14)21-13(3)17(20)19-15-7-9-18-10-8-15/h4-6,11-13,15,18H,7-10H2,1-3H3,(H,19,20). The van der Waals surface area contributed by atoms with E-state index in [0.717, 1.165) is 31.7 Å². The first-order chi connectivity index (χ1) is 10.1. The van der Waals surface area contributed by atoms with Gasteiger partial charge < -0.3 is 15.4 Å². The number of nitrogens with one attached hydrogen (secondary N) is 2. The second-order valence-corrected chi connectivity index (χ2v) is 6.02. The molecule has 0 spiro atoms. The van der Waals surface area contributed by atoms with Crippen molar-refractivity contribution in [2.24, 2.45) is 0 Å². The number of carbonyl (C=O) groups excluding carboxylic acids is 1. The summed E-state index contributed by atoms with van der Waals surface area (Å²) in [7, 11) is 0. The molecule has 0 radical (unpaired) electrons. The summed E-state index contributed by atoms with van der Waals surface area (Å²) in [6.07, 6.45) is 1.50. The molecule has 0 saturated carbocycles. The van der Waals surface area contributed by atoms with Crippen molar-refractivity contribution < 1.29 is 9.53 Å². The molecule has 0 bridgehead atoms. The number of hydrogen-bond donors (Lipinski definition) is 2. The second kappa shape index (κ2) is 7.46. The van der Waals surface area contributed by atoms with Crippen LogP contribution in [0.4, 0.5) is 0 Å². The predicted molar refractivity (Wildman–Crippen MR) is 84.7 cm³/mol. The Kier molecular flexibility index (Phi) is 5.62. The van der Waals surface area contributed by atoms with Gasteiger partial charge in [0.2, 0.25) is 0 Å². The third-order valence-electron chi connectivity index (χ3n) is 3.89. The molecular weight excluding hydrogens is 264 g/mol. The van der Waals surface area contributed by atoms with E-state index in [-0.39, 0.29) is 11.9 Å². The Labute approximate surface area is 127 Å². The van der Waals surface area contributed by atoms with E-state index >= 15 is 0 Å². The molecule has 2 rings (SSSR count). The van der Waals surface area contributed by atoms with E-state index in [1.54, 1.807) is 6.92 Å². The van der Waals surface area contributed by atoms with Crippen molar-refractivity contribution in [2.75, 3.05) is 13.1 Å². The van der Waals surface area contributed by atoms with Crippen LogP contribution in [0.25, 0.3) is 0 Å². The van der Waals surface area contributed by atoms with Crippen molar-refractivity contribution in [3.05, 3.63) is 29.8 Å². The minimum atomic E-state index is -0.470. The number of ether oxygens (including phenoxy) is 1. The van der Waals surface area contributed by atoms with Crippen molar-refractivity contribution in [3.63, 3.8) is 0 Å². The molecule has 1 atom stereocenters. The molecule has 2 N–H and O–H groups in total. The molecule has 21 heavy (non-hydrogen) atoms. The average Bonchev–Trinajstić information content (AvgIpc) is 2.48. The molecule has 1 heterocycles. The fraction of sp³-hybridized carbons (Fsp3) is 0.588. The zero-order valence-electron chi connectivity index (χ0n) is 13.2. The summed E-state index contributed by atoms with van der Waals surface area (Å²) in [5, 5.41) is 6.36. The van der Waals surface area contributed by atoms with E-state index < -0.39 is 6.10 Å². The van der Waals surface area contributed by atoms with Gasteiger partial charge in [0.05, 0.1) is 0 Å². The summed E-state index contributed by atoms with van der Waals surface area (Å²) in [6, 6.07) is 8.24. The van der Waals surface area contributed by atoms with Crippen LogP contribution in [0.1, 0.15) is 45.1 Å². The Balaban J connectivity index is 1.89. The molecule has 1 unspecified atom stereocenters. The number of piperidine rings is 1. The Bertz CT molecular complexity index is 468. The fourth-order valence-electron chi connectivity index (χ4n) is 2.49. The van der Waals surface area contributed by atoms with Crippen LogP contribution in [-0.2, 0) is 4.79 Å². The van der Waals surface area contributed by atoms with Crippen LogP contribution in [-0.4, -0.2) is 31.1 Å². The van der Waals surface area contributed by atoms with Crippen LogP contribution < -0.4 is 15.4 Å². The molecule has 1 saturated heterocycles. The fourth-order valence-corrected chi connectivity index (χ4v) is 2.49. The van der Waals surface area contributed by atoms with Gasteiger partial charge in [-0.1, -0.05) is 26.0 Å². The van der Waals surface area contributed by atoms with Gasteiger partial charge in [-0.2, -0.15) is 0 Å². The monoisotopic (exact) mass is 290 g/mol. The van der Waals surface area contributed by atoms with Crippen molar-refractivity contribution >= 4 is 5.91 Å². The molecule has 1 amide bonds. The van der Waals surface area contributed by atoms with E-state index in [1.807, 2.05) is 18.2 Å². The summed E-state index contributed by atoms with van der Waals surface area (Å²) in [4.78, 5) is 12.2. The molecule has 1 aliphatic rings. The normalized spacial score (nSPS) is 17.5. The lowest BCUT2D eigenvalue weighted by atomic mass is 10.0. The van der Waals surface area contributed by atoms with E-state index in [1.165, 1.54) is 5.56 Å². The lowest BCUT2D eigenvalue weighted by molar-refractivity contribution is -0.128. The quantitative estimate of drug-likeness (QED) is 0.876. The highest BCUT2D eigenvalue weighted by Crippen LogP contribution is 2.21. The molecule has 1 aromatic rings. The van der Waals surface area contributed by atoms with Gasteiger partial charge in [-0.25, -0.2) is 0 Å². The maximum atomic E-state index is 12.2. The van der Waals surface area contributed by atoms with Crippen molar-refractivity contribution in [1.82, 2.24) is 10.6 Å². The van der Waals surface area contributed by atoms with Gasteiger partial charge in [-0.15, -0.1) is 0 Å². The number of rotatable bonds is 5. The van der Waals surface area contributed by atoms with Crippen molar-refractivity contribution in [2.45, 2.75) is 51.7 Å². The molecule has 1 fully saturated rings. The molecule has 4 heteroatoms. The molecule has 1 aliphatic heterocycles. The average molecular weight is 290 g/mol. The zero-order valence-corrected chi connectivity index (χ0v) is 13.2. The molecule has 0 aliphatic carbocycles. The maximum absolute atomic E-state index is 12.2. The maximum Gasteiger partial charge on any atom is 0.260 e. The molecule has 1 aromatic carbocycles. The number of carbonyl (C=O) groups is 1. The summed E-state index contributed by atoms with van der Waals surface area (Å²) >= 11 is 0. The molecule has 4 nitrogen and oxygen atoms in total. The second-order valence-electron chi connectivity index (χ2n) is 6.02. The highest BCUT2D eigenvalue weighted by Gasteiger charge is 2.20. The SMILES string of the molecule is CC(Oc1cccc(C(C)C)c1)C(=O)NC1CCNCC1. The number of amides is 1. The van der Waals surface area contributed by atoms with Crippen molar-refractivity contribution in [1.29, 1.82) is 0 Å². The lowest BCUT2D eigenvalue weighted by Gasteiger charge is -2.25. The van der Waals surface area contributed by atoms with E-state index in [9.17, 15) is 4.79 Å². The Hall–Kier alpha value is -1.55. The minimum Gasteiger partial charge on any atom is -0.481 e. The van der Waals surface area contributed by atoms with Gasteiger partial charge in [0, 0.05) is 6.04 Å². The Morgan fingerprint density at radius 1 is 1.29 bits per heavy atom. The van der Waals surface area contributed by atoms with Crippen LogP contribution in [0.5, 0.6) is 5.75 Å². The molecule has 116 valence electrons. The largest absolute Gasteiger partial charge is 0.481 e. The van der Waals surface area contributed by atoms with Crippen molar-refractivity contribution in [3.8, 4) is 5.75 Å². The third kappa shape index (κ3) is 4.74. The van der Waals surface area contributed by atoms with Gasteiger partial charge in [0.15, 0.2) is 6.10 Å². The zero-order chi connectivity index (χ0) is 15.2. The lowest BCUT2D eigenvalue weighted by Crippen LogP contribution is -2.46. The molecule has 0 aromatic heterocycles. The van der Waals surface area contributed by atoms with E-state index in [0.29, 0.717) is 5.92 Å². The van der Waals surface area contributed by atoms with Gasteiger partial charge in [0.1, 0.15) is 5.75 Å². The third-order valence-corrected chi connectivity index (χ3v) is 3.89. The Morgan fingerprint density at radius 2 is 2.00 bits per heavy atom. The Morgan fingerprint density at radius 3 is 2.67 bits per heavy atom. The van der Waals surface area contributed by atoms with Crippen LogP contribution in [0.2, 0.25) is 0 Å². The summed E-state index contributed by atoms with van der Waals surface area (Å²) < 4.78 is 5.78.